The van der Waals surface area contributed by atoms with E-state index in [9.17, 15) is 13.2 Å². The van der Waals surface area contributed by atoms with Gasteiger partial charge < -0.3 is 4.74 Å². The van der Waals surface area contributed by atoms with E-state index in [0.717, 1.165) is 21.9 Å². The zero-order valence-corrected chi connectivity index (χ0v) is 20.6. The maximum atomic E-state index is 12.9. The second kappa shape index (κ2) is 9.99. The molecule has 0 saturated heterocycles. The molecule has 0 aliphatic rings. The summed E-state index contributed by atoms with van der Waals surface area (Å²) in [5.41, 5.74) is 1.84. The van der Waals surface area contributed by atoms with E-state index in [-0.39, 0.29) is 15.5 Å². The number of nitrogens with one attached hydrogen (secondary N) is 1. The molecule has 0 radical (unpaired) electrons. The summed E-state index contributed by atoms with van der Waals surface area (Å²) >= 11 is 7.50. The van der Waals surface area contributed by atoms with E-state index in [0.29, 0.717) is 18.2 Å². The number of carbonyl (C=O) groups excluding carboxylic acids is 1. The number of methoxy groups -OCH3 is 1. The Balaban J connectivity index is 1.87. The van der Waals surface area contributed by atoms with Gasteiger partial charge in [-0.25, -0.2) is 13.4 Å². The number of amides is 1. The van der Waals surface area contributed by atoms with Crippen LogP contribution in [0.15, 0.2) is 47.4 Å². The molecule has 0 saturated carbocycles. The highest BCUT2D eigenvalue weighted by molar-refractivity contribution is 7.89. The Kier molecular flexibility index (Phi) is 7.55. The number of halogens is 1. The SMILES string of the molecule is CCN(CC)S(=O)(=O)c1cc(C(=O)Nc2nc(-c3ccc(OC)cc3)c(C)s2)ccc1Cl. The summed E-state index contributed by atoms with van der Waals surface area (Å²) in [7, 11) is -2.20. The van der Waals surface area contributed by atoms with Crippen molar-refractivity contribution in [2.45, 2.75) is 25.7 Å². The lowest BCUT2D eigenvalue weighted by atomic mass is 10.1. The number of anilines is 1. The van der Waals surface area contributed by atoms with Gasteiger partial charge in [0.2, 0.25) is 10.0 Å². The predicted octanol–water partition coefficient (Wildman–Crippen LogP) is 5.06. The summed E-state index contributed by atoms with van der Waals surface area (Å²) in [6, 6.07) is 11.7. The second-order valence-electron chi connectivity index (χ2n) is 6.84. The topological polar surface area (TPSA) is 88.6 Å². The van der Waals surface area contributed by atoms with Gasteiger partial charge in [-0.1, -0.05) is 25.4 Å². The van der Waals surface area contributed by atoms with Crippen LogP contribution in [-0.4, -0.2) is 43.8 Å². The maximum absolute atomic E-state index is 12.9. The van der Waals surface area contributed by atoms with E-state index >= 15 is 0 Å². The largest absolute Gasteiger partial charge is 0.497 e. The Bertz CT molecular complexity index is 1220. The van der Waals surface area contributed by atoms with Crippen molar-refractivity contribution in [3.05, 3.63) is 57.9 Å². The zero-order valence-electron chi connectivity index (χ0n) is 18.2. The highest BCUT2D eigenvalue weighted by atomic mass is 35.5. The zero-order chi connectivity index (χ0) is 23.5. The molecule has 1 heterocycles. The first-order valence-corrected chi connectivity index (χ1v) is 12.6. The molecule has 0 unspecified atom stereocenters. The van der Waals surface area contributed by atoms with E-state index in [4.69, 9.17) is 16.3 Å². The van der Waals surface area contributed by atoms with Crippen LogP contribution in [0.2, 0.25) is 5.02 Å². The van der Waals surface area contributed by atoms with Crippen molar-refractivity contribution in [2.24, 2.45) is 0 Å². The summed E-state index contributed by atoms with van der Waals surface area (Å²) in [4.78, 5) is 18.2. The van der Waals surface area contributed by atoms with Gasteiger partial charge in [-0.15, -0.1) is 11.3 Å². The third kappa shape index (κ3) is 4.96. The van der Waals surface area contributed by atoms with E-state index in [1.165, 1.54) is 33.8 Å². The van der Waals surface area contributed by atoms with Crippen molar-refractivity contribution >= 4 is 44.0 Å². The predicted molar refractivity (Wildman–Crippen MR) is 128 cm³/mol. The average molecular weight is 494 g/mol. The van der Waals surface area contributed by atoms with Gasteiger partial charge in [0.1, 0.15) is 10.6 Å². The number of carbonyl (C=O) groups is 1. The van der Waals surface area contributed by atoms with E-state index in [2.05, 4.69) is 10.3 Å². The van der Waals surface area contributed by atoms with Gasteiger partial charge in [0, 0.05) is 29.1 Å². The normalized spacial score (nSPS) is 11.6. The van der Waals surface area contributed by atoms with Crippen LogP contribution >= 0.6 is 22.9 Å². The van der Waals surface area contributed by atoms with Crippen LogP contribution in [0.5, 0.6) is 5.75 Å². The first-order chi connectivity index (χ1) is 15.2. The molecule has 1 aromatic heterocycles. The first-order valence-electron chi connectivity index (χ1n) is 9.94. The van der Waals surface area contributed by atoms with Crippen molar-refractivity contribution in [3.8, 4) is 17.0 Å². The summed E-state index contributed by atoms with van der Waals surface area (Å²) in [6.07, 6.45) is 0. The van der Waals surface area contributed by atoms with Crippen molar-refractivity contribution in [2.75, 3.05) is 25.5 Å². The fourth-order valence-electron chi connectivity index (χ4n) is 3.18. The number of benzene rings is 2. The number of rotatable bonds is 8. The maximum Gasteiger partial charge on any atom is 0.257 e. The van der Waals surface area contributed by atoms with E-state index in [1.54, 1.807) is 21.0 Å². The van der Waals surface area contributed by atoms with Crippen molar-refractivity contribution < 1.29 is 17.9 Å². The lowest BCUT2D eigenvalue weighted by Crippen LogP contribution is -2.31. The first kappa shape index (κ1) is 24.2. The fraction of sp³-hybridized carbons (Fsp3) is 0.273. The van der Waals surface area contributed by atoms with E-state index < -0.39 is 15.9 Å². The molecule has 1 amide bonds. The minimum absolute atomic E-state index is 0.0698. The molecule has 0 fully saturated rings. The van der Waals surface area contributed by atoms with Gasteiger partial charge in [-0.05, 0) is 49.4 Å². The fourth-order valence-corrected chi connectivity index (χ4v) is 5.97. The Hall–Kier alpha value is -2.46. The van der Waals surface area contributed by atoms with Crippen LogP contribution in [0.3, 0.4) is 0 Å². The molecule has 0 atom stereocenters. The van der Waals surface area contributed by atoms with Gasteiger partial charge in [-0.3, -0.25) is 10.1 Å². The third-order valence-electron chi connectivity index (χ3n) is 4.90. The van der Waals surface area contributed by atoms with Crippen molar-refractivity contribution in [3.63, 3.8) is 0 Å². The quantitative estimate of drug-likeness (QED) is 0.473. The molecule has 3 rings (SSSR count). The smallest absolute Gasteiger partial charge is 0.257 e. The molecule has 1 N–H and O–H groups in total. The molecular formula is C22H24ClN3O4S2. The Morgan fingerprint density at radius 1 is 1.16 bits per heavy atom. The number of aromatic nitrogens is 1. The molecule has 0 bridgehead atoms. The second-order valence-corrected chi connectivity index (χ2v) is 10.4. The minimum Gasteiger partial charge on any atom is -0.497 e. The van der Waals surface area contributed by atoms with Crippen LogP contribution in [0.4, 0.5) is 5.13 Å². The van der Waals surface area contributed by atoms with Crippen LogP contribution in [0.1, 0.15) is 29.1 Å². The number of ether oxygens (including phenoxy) is 1. The molecule has 3 aromatic rings. The van der Waals surface area contributed by atoms with Gasteiger partial charge in [0.15, 0.2) is 5.13 Å². The van der Waals surface area contributed by atoms with Gasteiger partial charge >= 0.3 is 0 Å². The van der Waals surface area contributed by atoms with Crippen LogP contribution in [-0.2, 0) is 10.0 Å². The molecule has 0 spiro atoms. The van der Waals surface area contributed by atoms with Gasteiger partial charge in [-0.2, -0.15) is 4.31 Å². The molecule has 0 aliphatic heterocycles. The van der Waals surface area contributed by atoms with Crippen molar-refractivity contribution in [1.29, 1.82) is 0 Å². The molecule has 7 nitrogen and oxygen atoms in total. The third-order valence-corrected chi connectivity index (χ3v) is 8.31. The lowest BCUT2D eigenvalue weighted by Gasteiger charge is -2.19. The Morgan fingerprint density at radius 2 is 1.81 bits per heavy atom. The van der Waals surface area contributed by atoms with Crippen LogP contribution in [0.25, 0.3) is 11.3 Å². The average Bonchev–Trinajstić information content (AvgIpc) is 3.14. The summed E-state index contributed by atoms with van der Waals surface area (Å²) in [5, 5.41) is 3.25. The number of nitrogens with zero attached hydrogens (tertiary/aromatic N) is 2. The number of hydrogen-bond acceptors (Lipinski definition) is 6. The Labute approximate surface area is 197 Å². The summed E-state index contributed by atoms with van der Waals surface area (Å²) in [6.45, 7) is 6.02. The van der Waals surface area contributed by atoms with Crippen LogP contribution < -0.4 is 10.1 Å². The minimum atomic E-state index is -3.81. The number of thiazole rings is 1. The molecule has 170 valence electrons. The monoisotopic (exact) mass is 493 g/mol. The number of sulfonamides is 1. The summed E-state index contributed by atoms with van der Waals surface area (Å²) in [5.74, 6) is 0.279. The van der Waals surface area contributed by atoms with Crippen LogP contribution in [0, 0.1) is 6.92 Å². The number of hydrogen-bond donors (Lipinski definition) is 1. The highest BCUT2D eigenvalue weighted by Gasteiger charge is 2.26. The standard InChI is InChI=1S/C22H24ClN3O4S2/c1-5-26(6-2)32(28,29)19-13-16(9-12-18(19)23)21(27)25-22-24-20(14(3)31-22)15-7-10-17(30-4)11-8-15/h7-13H,5-6H2,1-4H3,(H,24,25,27). The van der Waals surface area contributed by atoms with Crippen molar-refractivity contribution in [1.82, 2.24) is 9.29 Å². The molecule has 0 aliphatic carbocycles. The lowest BCUT2D eigenvalue weighted by molar-refractivity contribution is 0.102. The van der Waals surface area contributed by atoms with E-state index in [1.807, 2.05) is 31.2 Å². The van der Waals surface area contributed by atoms with Gasteiger partial charge in [0.05, 0.1) is 17.8 Å². The molecular weight excluding hydrogens is 470 g/mol. The summed E-state index contributed by atoms with van der Waals surface area (Å²) < 4.78 is 32.3. The molecule has 2 aromatic carbocycles. The highest BCUT2D eigenvalue weighted by Crippen LogP contribution is 2.32. The Morgan fingerprint density at radius 3 is 2.41 bits per heavy atom. The van der Waals surface area contributed by atoms with Gasteiger partial charge in [0.25, 0.3) is 5.91 Å². The molecule has 10 heteroatoms. The molecule has 32 heavy (non-hydrogen) atoms. The number of aryl methyl sites for hydroxylation is 1.